The number of H-pyrrole nitrogens is 1. The van der Waals surface area contributed by atoms with Crippen molar-refractivity contribution < 1.29 is 24.2 Å². The normalized spacial score (nSPS) is 16.2. The second-order valence-corrected chi connectivity index (χ2v) is 10.7. The number of carboxylic acids is 1. The van der Waals surface area contributed by atoms with E-state index in [0.717, 1.165) is 55.3 Å². The summed E-state index contributed by atoms with van der Waals surface area (Å²) >= 11 is 6.22. The van der Waals surface area contributed by atoms with Crippen LogP contribution in [-0.2, 0) is 20.7 Å². The first kappa shape index (κ1) is 31.1. The summed E-state index contributed by atoms with van der Waals surface area (Å²) in [6.07, 6.45) is 3.21. The Morgan fingerprint density at radius 1 is 1.05 bits per heavy atom. The van der Waals surface area contributed by atoms with Crippen molar-refractivity contribution in [1.82, 2.24) is 15.6 Å². The zero-order valence-corrected chi connectivity index (χ0v) is 24.7. The van der Waals surface area contributed by atoms with Crippen molar-refractivity contribution in [3.8, 4) is 5.75 Å². The molecule has 42 heavy (non-hydrogen) atoms. The van der Waals surface area contributed by atoms with Gasteiger partial charge in [-0.1, -0.05) is 59.6 Å². The largest absolute Gasteiger partial charge is 0.490 e. The highest BCUT2D eigenvalue weighted by molar-refractivity contribution is 6.31. The number of halogens is 1. The van der Waals surface area contributed by atoms with E-state index in [9.17, 15) is 9.59 Å². The topological polar surface area (TPSA) is 113 Å². The second-order valence-electron chi connectivity index (χ2n) is 10.3. The number of carboxylic acid groups (broad SMARTS) is 1. The molecule has 1 fully saturated rings. The van der Waals surface area contributed by atoms with Gasteiger partial charge in [-0.2, -0.15) is 0 Å². The van der Waals surface area contributed by atoms with Crippen LogP contribution < -0.4 is 15.4 Å². The number of carbonyl (C=O) groups excluding carboxylic acids is 1. The molecule has 222 valence electrons. The third kappa shape index (κ3) is 9.08. The summed E-state index contributed by atoms with van der Waals surface area (Å²) < 4.78 is 11.5. The summed E-state index contributed by atoms with van der Waals surface area (Å²) in [5.74, 6) is -0.419. The zero-order chi connectivity index (χ0) is 29.9. The number of carbonyl (C=O) groups is 2. The molecule has 2 aliphatic heterocycles. The summed E-state index contributed by atoms with van der Waals surface area (Å²) in [5, 5.41) is 15.7. The van der Waals surface area contributed by atoms with E-state index in [1.54, 1.807) is 0 Å². The number of hydrogen-bond donors (Lipinski definition) is 4. The minimum absolute atomic E-state index is 0.164. The maximum Gasteiger partial charge on any atom is 0.322 e. The average Bonchev–Trinajstić information content (AvgIpc) is 3.36. The molecule has 0 saturated carbocycles. The highest BCUT2D eigenvalue weighted by Crippen LogP contribution is 2.35. The number of nitrogens with one attached hydrogen (secondary N) is 3. The molecule has 0 bridgehead atoms. The molecule has 1 saturated heterocycles. The van der Waals surface area contributed by atoms with Gasteiger partial charge in [0, 0.05) is 47.9 Å². The molecule has 1 atom stereocenters. The zero-order valence-electron chi connectivity index (χ0n) is 24.0. The van der Waals surface area contributed by atoms with Crippen LogP contribution in [0.4, 0.5) is 0 Å². The number of amides is 1. The molecule has 1 aromatic heterocycles. The van der Waals surface area contributed by atoms with E-state index in [1.807, 2.05) is 24.3 Å². The fourth-order valence-corrected chi connectivity index (χ4v) is 5.12. The molecule has 4 N–H and O–H groups in total. The van der Waals surface area contributed by atoms with Crippen molar-refractivity contribution in [2.75, 3.05) is 26.3 Å². The third-order valence-electron chi connectivity index (χ3n) is 7.03. The van der Waals surface area contributed by atoms with E-state index in [-0.39, 0.29) is 24.6 Å². The maximum atomic E-state index is 9.97. The van der Waals surface area contributed by atoms with Crippen LogP contribution in [0.25, 0.3) is 10.9 Å². The summed E-state index contributed by atoms with van der Waals surface area (Å²) in [6, 6.07) is 25.0. The summed E-state index contributed by atoms with van der Waals surface area (Å²) in [7, 11) is 0. The molecule has 1 unspecified atom stereocenters. The molecule has 6 rings (SSSR count). The van der Waals surface area contributed by atoms with E-state index >= 15 is 0 Å². The molecule has 4 aromatic rings. The van der Waals surface area contributed by atoms with Gasteiger partial charge in [-0.3, -0.25) is 9.59 Å². The number of benzene rings is 3. The lowest BCUT2D eigenvalue weighted by atomic mass is 9.94. The standard InChI is InChI=1S/C22H23ClN2O2.C7H8.C4H7NO3/c23-15-3-6-20-19(13-15)18-7-10-24-21(22(18)25-20)14-1-4-16(5-2-14)27-17-8-11-26-12-9-17;1-7-5-3-2-4-6-7;1-3(6)5-2-4(7)8/h1-6,13,17,21,24-25H,7-12H2;2-6H,1H3;2H2,1H3,(H,5,6)(H,7,8). The number of aryl methyl sites for hydroxylation is 1. The van der Waals surface area contributed by atoms with Gasteiger partial charge in [0.25, 0.3) is 0 Å². The fraction of sp³-hybridized carbons (Fsp3) is 0.333. The number of hydrogen-bond acceptors (Lipinski definition) is 5. The predicted molar refractivity (Wildman–Crippen MR) is 165 cm³/mol. The number of aliphatic carboxylic acids is 1. The van der Waals surface area contributed by atoms with Gasteiger partial charge in [0.05, 0.1) is 19.3 Å². The van der Waals surface area contributed by atoms with Crippen LogP contribution in [0, 0.1) is 6.92 Å². The number of fused-ring (bicyclic) bond motifs is 3. The van der Waals surface area contributed by atoms with Crippen molar-refractivity contribution in [2.24, 2.45) is 0 Å². The van der Waals surface area contributed by atoms with Crippen LogP contribution in [0.3, 0.4) is 0 Å². The minimum Gasteiger partial charge on any atom is -0.490 e. The van der Waals surface area contributed by atoms with Crippen LogP contribution in [0.1, 0.15) is 48.2 Å². The summed E-state index contributed by atoms with van der Waals surface area (Å²) in [6.45, 7) is 5.60. The van der Waals surface area contributed by atoms with Gasteiger partial charge in [0.15, 0.2) is 0 Å². The van der Waals surface area contributed by atoms with Crippen LogP contribution in [0.2, 0.25) is 5.02 Å². The Bertz CT molecular complexity index is 1440. The molecular weight excluding hydrogens is 554 g/mol. The predicted octanol–water partition coefficient (Wildman–Crippen LogP) is 5.82. The van der Waals surface area contributed by atoms with Crippen LogP contribution >= 0.6 is 11.6 Å². The Morgan fingerprint density at radius 2 is 1.76 bits per heavy atom. The fourth-order valence-electron chi connectivity index (χ4n) is 4.94. The highest BCUT2D eigenvalue weighted by Gasteiger charge is 2.25. The summed E-state index contributed by atoms with van der Waals surface area (Å²) in [4.78, 5) is 23.3. The van der Waals surface area contributed by atoms with Crippen LogP contribution in [0.5, 0.6) is 5.75 Å². The number of aromatic nitrogens is 1. The Labute approximate surface area is 251 Å². The molecule has 2 aliphatic rings. The van der Waals surface area contributed by atoms with Gasteiger partial charge in [-0.05, 0) is 54.8 Å². The van der Waals surface area contributed by atoms with E-state index in [0.29, 0.717) is 0 Å². The number of ether oxygens (including phenoxy) is 2. The molecule has 3 aromatic carbocycles. The lowest BCUT2D eigenvalue weighted by Crippen LogP contribution is -2.30. The smallest absolute Gasteiger partial charge is 0.322 e. The van der Waals surface area contributed by atoms with Gasteiger partial charge in [0.1, 0.15) is 18.4 Å². The monoisotopic (exact) mass is 591 g/mol. The van der Waals surface area contributed by atoms with E-state index < -0.39 is 5.97 Å². The van der Waals surface area contributed by atoms with Crippen molar-refractivity contribution in [1.29, 1.82) is 0 Å². The van der Waals surface area contributed by atoms with E-state index in [1.165, 1.54) is 34.7 Å². The molecule has 0 radical (unpaired) electrons. The lowest BCUT2D eigenvalue weighted by Gasteiger charge is -2.26. The third-order valence-corrected chi connectivity index (χ3v) is 7.26. The average molecular weight is 592 g/mol. The van der Waals surface area contributed by atoms with Gasteiger partial charge in [0.2, 0.25) is 5.91 Å². The Balaban J connectivity index is 0.000000223. The number of aromatic amines is 1. The van der Waals surface area contributed by atoms with E-state index in [2.05, 4.69) is 71.1 Å². The Kier molecular flexibility index (Phi) is 11.4. The molecular formula is C33H38ClN3O5. The first-order valence-corrected chi connectivity index (χ1v) is 14.5. The minimum atomic E-state index is -1.03. The number of rotatable bonds is 5. The summed E-state index contributed by atoms with van der Waals surface area (Å²) in [5.41, 5.74) is 6.34. The van der Waals surface area contributed by atoms with Gasteiger partial charge >= 0.3 is 5.97 Å². The molecule has 8 nitrogen and oxygen atoms in total. The first-order valence-electron chi connectivity index (χ1n) is 14.2. The molecule has 3 heterocycles. The van der Waals surface area contributed by atoms with Crippen molar-refractivity contribution in [2.45, 2.75) is 45.3 Å². The molecule has 1 amide bonds. The SMILES string of the molecule is CC(=O)NCC(=O)O.Cc1ccccc1.Clc1ccc2[nH]c3c(c2c1)CCNC3c1ccc(OC2CCOCC2)cc1. The Morgan fingerprint density at radius 3 is 2.36 bits per heavy atom. The Hall–Kier alpha value is -3.85. The van der Waals surface area contributed by atoms with Gasteiger partial charge < -0.3 is 30.2 Å². The molecule has 0 spiro atoms. The quantitative estimate of drug-likeness (QED) is 0.233. The van der Waals surface area contributed by atoms with Gasteiger partial charge in [-0.15, -0.1) is 0 Å². The first-order chi connectivity index (χ1) is 20.3. The molecule has 9 heteroatoms. The van der Waals surface area contributed by atoms with Crippen molar-refractivity contribution in [3.63, 3.8) is 0 Å². The highest BCUT2D eigenvalue weighted by atomic mass is 35.5. The van der Waals surface area contributed by atoms with Crippen molar-refractivity contribution in [3.05, 3.63) is 100 Å². The van der Waals surface area contributed by atoms with Crippen LogP contribution in [-0.4, -0.2) is 54.4 Å². The van der Waals surface area contributed by atoms with E-state index in [4.69, 9.17) is 26.2 Å². The second kappa shape index (κ2) is 15.4. The van der Waals surface area contributed by atoms with Gasteiger partial charge in [-0.25, -0.2) is 0 Å². The maximum absolute atomic E-state index is 9.97. The lowest BCUT2D eigenvalue weighted by molar-refractivity contribution is -0.137. The van der Waals surface area contributed by atoms with Crippen molar-refractivity contribution >= 4 is 34.4 Å². The van der Waals surface area contributed by atoms with Crippen LogP contribution in [0.15, 0.2) is 72.8 Å². The molecule has 0 aliphatic carbocycles.